The van der Waals surface area contributed by atoms with Crippen LogP contribution in [0.25, 0.3) is 16.9 Å². The molecule has 1 aromatic heterocycles. The SMILES string of the molecule is Cc1c(C(=O)O)nn(-c2ccc(Cl)cc2Cl)c1-c1ccc(S(N)(=O)=O)cc1. The summed E-state index contributed by atoms with van der Waals surface area (Å²) in [6.07, 6.45) is 0. The summed E-state index contributed by atoms with van der Waals surface area (Å²) in [5.74, 6) is -1.20. The number of aromatic nitrogens is 2. The van der Waals surface area contributed by atoms with Crippen LogP contribution in [-0.4, -0.2) is 29.3 Å². The van der Waals surface area contributed by atoms with E-state index in [4.69, 9.17) is 28.3 Å². The molecule has 0 spiro atoms. The average Bonchev–Trinajstić information content (AvgIpc) is 2.91. The van der Waals surface area contributed by atoms with E-state index in [1.807, 2.05) is 0 Å². The van der Waals surface area contributed by atoms with Gasteiger partial charge in [0, 0.05) is 16.1 Å². The highest BCUT2D eigenvalue weighted by molar-refractivity contribution is 7.89. The minimum Gasteiger partial charge on any atom is -0.476 e. The van der Waals surface area contributed by atoms with Crippen molar-refractivity contribution in [2.45, 2.75) is 11.8 Å². The van der Waals surface area contributed by atoms with Crippen LogP contribution in [-0.2, 0) is 10.0 Å². The van der Waals surface area contributed by atoms with Gasteiger partial charge >= 0.3 is 5.97 Å². The molecule has 3 rings (SSSR count). The van der Waals surface area contributed by atoms with Crippen molar-refractivity contribution in [3.8, 4) is 16.9 Å². The van der Waals surface area contributed by atoms with Gasteiger partial charge in [-0.1, -0.05) is 35.3 Å². The second-order valence-electron chi connectivity index (χ2n) is 5.70. The highest BCUT2D eigenvalue weighted by Gasteiger charge is 2.23. The van der Waals surface area contributed by atoms with Crippen molar-refractivity contribution in [2.24, 2.45) is 5.14 Å². The Balaban J connectivity index is 2.27. The van der Waals surface area contributed by atoms with Crippen LogP contribution < -0.4 is 5.14 Å². The largest absolute Gasteiger partial charge is 0.476 e. The maximum absolute atomic E-state index is 11.5. The predicted octanol–water partition coefficient (Wildman–Crippen LogP) is 3.50. The van der Waals surface area contributed by atoms with Gasteiger partial charge in [-0.3, -0.25) is 0 Å². The molecule has 3 N–H and O–H groups in total. The van der Waals surface area contributed by atoms with Gasteiger partial charge < -0.3 is 5.11 Å². The second kappa shape index (κ2) is 6.97. The molecule has 0 unspecified atom stereocenters. The molecule has 0 saturated carbocycles. The van der Waals surface area contributed by atoms with Crippen LogP contribution >= 0.6 is 23.2 Å². The van der Waals surface area contributed by atoms with Gasteiger partial charge in [-0.15, -0.1) is 0 Å². The van der Waals surface area contributed by atoms with Crippen molar-refractivity contribution in [1.29, 1.82) is 0 Å². The number of sulfonamides is 1. The lowest BCUT2D eigenvalue weighted by molar-refractivity contribution is 0.0689. The number of primary sulfonamides is 1. The fraction of sp³-hybridized carbons (Fsp3) is 0.0588. The number of hydrogen-bond acceptors (Lipinski definition) is 4. The van der Waals surface area contributed by atoms with Crippen LogP contribution in [0.5, 0.6) is 0 Å². The molecular formula is C17H13Cl2N3O4S. The number of rotatable bonds is 4. The number of nitrogens with zero attached hydrogens (tertiary/aromatic N) is 2. The Bertz CT molecular complexity index is 1160. The van der Waals surface area contributed by atoms with E-state index in [2.05, 4.69) is 5.10 Å². The number of nitrogens with two attached hydrogens (primary N) is 1. The van der Waals surface area contributed by atoms with Gasteiger partial charge in [0.05, 0.1) is 21.3 Å². The molecule has 0 bridgehead atoms. The number of carboxylic acids is 1. The molecule has 3 aromatic rings. The predicted molar refractivity (Wildman–Crippen MR) is 102 cm³/mol. The van der Waals surface area contributed by atoms with Gasteiger partial charge in [0.25, 0.3) is 0 Å². The lowest BCUT2D eigenvalue weighted by atomic mass is 10.1. The fourth-order valence-corrected chi connectivity index (χ4v) is 3.67. The molecule has 1 heterocycles. The smallest absolute Gasteiger partial charge is 0.356 e. The summed E-state index contributed by atoms with van der Waals surface area (Å²) in [5.41, 5.74) is 1.69. The maximum atomic E-state index is 11.5. The summed E-state index contributed by atoms with van der Waals surface area (Å²) < 4.78 is 24.3. The normalized spacial score (nSPS) is 11.6. The standard InChI is InChI=1S/C17H13Cl2N3O4S/c1-9-15(17(23)24)21-22(14-7-4-11(18)8-13(14)19)16(9)10-2-5-12(6-3-10)27(20,25)26/h2-8H,1H3,(H,23,24)(H2,20,25,26). The van der Waals surface area contributed by atoms with Crippen molar-refractivity contribution in [2.75, 3.05) is 0 Å². The minimum atomic E-state index is -3.85. The van der Waals surface area contributed by atoms with Crippen molar-refractivity contribution in [3.63, 3.8) is 0 Å². The first-order valence-electron chi connectivity index (χ1n) is 7.51. The van der Waals surface area contributed by atoms with Crippen LogP contribution in [0, 0.1) is 6.92 Å². The van der Waals surface area contributed by atoms with E-state index < -0.39 is 16.0 Å². The van der Waals surface area contributed by atoms with Gasteiger partial charge in [0.2, 0.25) is 10.0 Å². The Kier molecular flexibility index (Phi) is 5.00. The topological polar surface area (TPSA) is 115 Å². The van der Waals surface area contributed by atoms with E-state index in [9.17, 15) is 18.3 Å². The quantitative estimate of drug-likeness (QED) is 0.663. The van der Waals surface area contributed by atoms with E-state index in [0.29, 0.717) is 27.5 Å². The molecule has 10 heteroatoms. The molecule has 27 heavy (non-hydrogen) atoms. The highest BCUT2D eigenvalue weighted by atomic mass is 35.5. The van der Waals surface area contributed by atoms with E-state index >= 15 is 0 Å². The van der Waals surface area contributed by atoms with Crippen LogP contribution in [0.1, 0.15) is 16.1 Å². The minimum absolute atomic E-state index is 0.0575. The summed E-state index contributed by atoms with van der Waals surface area (Å²) >= 11 is 12.2. The monoisotopic (exact) mass is 425 g/mol. The second-order valence-corrected chi connectivity index (χ2v) is 8.11. The third-order valence-corrected chi connectivity index (χ3v) is 5.39. The molecule has 0 atom stereocenters. The van der Waals surface area contributed by atoms with Gasteiger partial charge in [0.1, 0.15) is 0 Å². The number of hydrogen-bond donors (Lipinski definition) is 2. The van der Waals surface area contributed by atoms with E-state index in [-0.39, 0.29) is 15.6 Å². The summed E-state index contributed by atoms with van der Waals surface area (Å²) in [5, 5.41) is 19.4. The fourth-order valence-electron chi connectivity index (χ4n) is 2.67. The molecule has 2 aromatic carbocycles. The first-order chi connectivity index (χ1) is 12.6. The summed E-state index contributed by atoms with van der Waals surface area (Å²) in [4.78, 5) is 11.5. The lowest BCUT2D eigenvalue weighted by Crippen LogP contribution is -2.11. The summed E-state index contributed by atoms with van der Waals surface area (Å²) in [6, 6.07) is 10.5. The molecule has 0 aliphatic carbocycles. The number of halogens is 2. The molecular weight excluding hydrogens is 413 g/mol. The maximum Gasteiger partial charge on any atom is 0.356 e. The van der Waals surface area contributed by atoms with Crippen LogP contribution in [0.4, 0.5) is 0 Å². The summed E-state index contributed by atoms with van der Waals surface area (Å²) in [7, 11) is -3.85. The molecule has 0 aliphatic heterocycles. The van der Waals surface area contributed by atoms with Crippen LogP contribution in [0.15, 0.2) is 47.4 Å². The van der Waals surface area contributed by atoms with Crippen LogP contribution in [0.3, 0.4) is 0 Å². The van der Waals surface area contributed by atoms with Gasteiger partial charge in [-0.05, 0) is 37.3 Å². The summed E-state index contributed by atoms with van der Waals surface area (Å²) in [6.45, 7) is 1.61. The first kappa shape index (κ1) is 19.4. The number of carboxylic acid groups (broad SMARTS) is 1. The third-order valence-electron chi connectivity index (χ3n) is 3.92. The molecule has 0 radical (unpaired) electrons. The van der Waals surface area contributed by atoms with Crippen molar-refractivity contribution >= 4 is 39.2 Å². The Morgan fingerprint density at radius 1 is 1.15 bits per heavy atom. The molecule has 140 valence electrons. The third kappa shape index (κ3) is 3.70. The number of benzene rings is 2. The molecule has 0 saturated heterocycles. The van der Waals surface area contributed by atoms with Gasteiger partial charge in [-0.25, -0.2) is 23.0 Å². The Morgan fingerprint density at radius 2 is 1.78 bits per heavy atom. The molecule has 0 fully saturated rings. The number of carbonyl (C=O) groups is 1. The van der Waals surface area contributed by atoms with E-state index in [1.54, 1.807) is 19.1 Å². The Hall–Kier alpha value is -2.39. The zero-order valence-corrected chi connectivity index (χ0v) is 16.2. The zero-order valence-electron chi connectivity index (χ0n) is 13.8. The van der Waals surface area contributed by atoms with E-state index in [0.717, 1.165) is 0 Å². The lowest BCUT2D eigenvalue weighted by Gasteiger charge is -2.11. The Labute approximate surface area is 165 Å². The average molecular weight is 426 g/mol. The van der Waals surface area contributed by atoms with Gasteiger partial charge in [0.15, 0.2) is 5.69 Å². The molecule has 0 aliphatic rings. The van der Waals surface area contributed by atoms with Crippen LogP contribution in [0.2, 0.25) is 10.0 Å². The van der Waals surface area contributed by atoms with E-state index in [1.165, 1.54) is 35.0 Å². The van der Waals surface area contributed by atoms with Crippen molar-refractivity contribution < 1.29 is 18.3 Å². The van der Waals surface area contributed by atoms with Gasteiger partial charge in [-0.2, -0.15) is 5.10 Å². The highest BCUT2D eigenvalue weighted by Crippen LogP contribution is 2.33. The first-order valence-corrected chi connectivity index (χ1v) is 9.81. The molecule has 0 amide bonds. The number of aromatic carboxylic acids is 1. The zero-order chi connectivity index (χ0) is 19.9. The Morgan fingerprint density at radius 3 is 2.30 bits per heavy atom. The molecule has 7 nitrogen and oxygen atoms in total. The van der Waals surface area contributed by atoms with Crippen molar-refractivity contribution in [3.05, 3.63) is 63.8 Å². The van der Waals surface area contributed by atoms with Crippen molar-refractivity contribution in [1.82, 2.24) is 9.78 Å².